The van der Waals surface area contributed by atoms with Crippen molar-refractivity contribution >= 4 is 23.9 Å². The Labute approximate surface area is 494 Å². The van der Waals surface area contributed by atoms with E-state index in [1.54, 1.807) is 0 Å². The van der Waals surface area contributed by atoms with E-state index in [1.807, 2.05) is 0 Å². The monoisotopic (exact) mass is 1140 g/mol. The Morgan fingerprint density at radius 3 is 1.20 bits per heavy atom. The quantitative estimate of drug-likeness (QED) is 0.0228. The molecule has 0 bridgehead atoms. The Morgan fingerprint density at radius 1 is 0.420 bits per heavy atom. The van der Waals surface area contributed by atoms with Crippen molar-refractivity contribution in [3.05, 3.63) is 60.8 Å². The second-order valence-electron chi connectivity index (χ2n) is 22.7. The summed E-state index contributed by atoms with van der Waals surface area (Å²) in [5.41, 5.74) is 0. The number of carbonyl (C=O) groups excluding carboxylic acids is 3. The molecule has 12 heteroatoms. The first-order valence-electron chi connectivity index (χ1n) is 33.3. The van der Waals surface area contributed by atoms with Crippen molar-refractivity contribution in [1.82, 2.24) is 0 Å². The Kier molecular flexibility index (Phi) is 53.0. The van der Waals surface area contributed by atoms with Crippen LogP contribution in [0.1, 0.15) is 303 Å². The molecule has 1 saturated heterocycles. The number of aliphatic hydroxyl groups excluding tert-OH is 2. The number of aliphatic carboxylic acids is 1. The summed E-state index contributed by atoms with van der Waals surface area (Å²) in [6, 6.07) is 0. The standard InChI is InChI=1S/C69H120O12/c1-4-7-10-13-16-19-22-25-28-30-31-33-36-39-42-45-48-51-54-57-63(72)80-67-65(74)64(73)66(68(75)76)81-69(67)78-59-60(79-62(71)56-53-50-47-44-41-38-34-27-24-21-18-15-12-9-6-3)58-77-61(70)55-52-49-46-43-40-37-35-32-29-26-23-20-17-14-11-8-5-2/h8,11,17,20,26-27,29,34-35,37,60,64-67,69,73-74H,4-7,9-10,12-16,18-19,21-25,28,30-33,36,38-59H2,1-3H3,(H,75,76)/b11-8-,20-17-,29-26-,34-27-,37-35-. The number of unbranched alkanes of at least 4 members (excludes halogenated alkanes) is 33. The van der Waals surface area contributed by atoms with Gasteiger partial charge >= 0.3 is 23.9 Å². The number of rotatable bonds is 57. The lowest BCUT2D eigenvalue weighted by Gasteiger charge is -2.40. The lowest BCUT2D eigenvalue weighted by atomic mass is 9.98. The highest BCUT2D eigenvalue weighted by atomic mass is 16.7. The van der Waals surface area contributed by atoms with Gasteiger partial charge in [-0.05, 0) is 83.5 Å². The van der Waals surface area contributed by atoms with Gasteiger partial charge in [-0.15, -0.1) is 0 Å². The predicted molar refractivity (Wildman–Crippen MR) is 331 cm³/mol. The van der Waals surface area contributed by atoms with Crippen molar-refractivity contribution in [2.24, 2.45) is 0 Å². The van der Waals surface area contributed by atoms with E-state index in [0.29, 0.717) is 19.3 Å². The van der Waals surface area contributed by atoms with E-state index in [1.165, 1.54) is 128 Å². The highest BCUT2D eigenvalue weighted by Gasteiger charge is 2.50. The van der Waals surface area contributed by atoms with Gasteiger partial charge in [0.15, 0.2) is 24.6 Å². The van der Waals surface area contributed by atoms with Crippen molar-refractivity contribution in [1.29, 1.82) is 0 Å². The van der Waals surface area contributed by atoms with Crippen LogP contribution in [0.3, 0.4) is 0 Å². The van der Waals surface area contributed by atoms with Crippen LogP contribution in [0.2, 0.25) is 0 Å². The summed E-state index contributed by atoms with van der Waals surface area (Å²) in [6.07, 6.45) is 58.9. The van der Waals surface area contributed by atoms with Crippen LogP contribution in [0.25, 0.3) is 0 Å². The maximum absolute atomic E-state index is 13.2. The van der Waals surface area contributed by atoms with Gasteiger partial charge in [0.25, 0.3) is 0 Å². The van der Waals surface area contributed by atoms with E-state index >= 15 is 0 Å². The molecule has 0 aromatic rings. The maximum atomic E-state index is 13.2. The third-order valence-corrected chi connectivity index (χ3v) is 15.1. The first kappa shape index (κ1) is 75.4. The fourth-order valence-corrected chi connectivity index (χ4v) is 10.0. The van der Waals surface area contributed by atoms with Crippen LogP contribution in [-0.4, -0.2) is 89.2 Å². The summed E-state index contributed by atoms with van der Waals surface area (Å²) in [7, 11) is 0. The molecule has 0 aliphatic carbocycles. The van der Waals surface area contributed by atoms with Crippen LogP contribution < -0.4 is 0 Å². The fourth-order valence-electron chi connectivity index (χ4n) is 10.0. The third-order valence-electron chi connectivity index (χ3n) is 15.1. The Hall–Kier alpha value is -3.58. The van der Waals surface area contributed by atoms with Gasteiger partial charge in [-0.2, -0.15) is 0 Å². The van der Waals surface area contributed by atoms with Crippen LogP contribution in [0.4, 0.5) is 0 Å². The van der Waals surface area contributed by atoms with Crippen molar-refractivity contribution in [2.45, 2.75) is 340 Å². The molecule has 6 atom stereocenters. The number of esters is 3. The molecule has 6 unspecified atom stereocenters. The molecule has 12 nitrogen and oxygen atoms in total. The summed E-state index contributed by atoms with van der Waals surface area (Å²) in [5.74, 6) is -3.14. The van der Waals surface area contributed by atoms with E-state index in [-0.39, 0.29) is 25.9 Å². The Balaban J connectivity index is 2.65. The molecule has 1 aliphatic heterocycles. The molecule has 0 aromatic carbocycles. The predicted octanol–water partition coefficient (Wildman–Crippen LogP) is 17.9. The highest BCUT2D eigenvalue weighted by molar-refractivity contribution is 5.74. The summed E-state index contributed by atoms with van der Waals surface area (Å²) in [6.45, 7) is 5.89. The van der Waals surface area contributed by atoms with Crippen LogP contribution in [0.5, 0.6) is 0 Å². The Morgan fingerprint density at radius 2 is 0.778 bits per heavy atom. The molecule has 1 rings (SSSR count). The Bertz CT molecular complexity index is 1640. The minimum absolute atomic E-state index is 0.0606. The average Bonchev–Trinajstić information content (AvgIpc) is 3.53. The number of ether oxygens (including phenoxy) is 5. The normalized spacial score (nSPS) is 18.1. The van der Waals surface area contributed by atoms with E-state index in [9.17, 15) is 34.5 Å². The molecule has 0 aromatic heterocycles. The second kappa shape index (κ2) is 56.9. The molecule has 81 heavy (non-hydrogen) atoms. The molecule has 0 spiro atoms. The van der Waals surface area contributed by atoms with Crippen molar-refractivity contribution in [3.63, 3.8) is 0 Å². The zero-order valence-electron chi connectivity index (χ0n) is 51.8. The molecule has 0 radical (unpaired) electrons. The average molecular weight is 1140 g/mol. The summed E-state index contributed by atoms with van der Waals surface area (Å²) in [4.78, 5) is 51.3. The zero-order chi connectivity index (χ0) is 58.9. The number of hydrogen-bond acceptors (Lipinski definition) is 11. The number of aliphatic hydroxyl groups is 2. The van der Waals surface area contributed by atoms with Gasteiger partial charge in [0.05, 0.1) is 6.61 Å². The molecule has 468 valence electrons. The minimum Gasteiger partial charge on any atom is -0.479 e. The lowest BCUT2D eigenvalue weighted by Crippen LogP contribution is -2.61. The van der Waals surface area contributed by atoms with Gasteiger partial charge in [0, 0.05) is 19.3 Å². The number of allylic oxidation sites excluding steroid dienone is 10. The summed E-state index contributed by atoms with van der Waals surface area (Å²) < 4.78 is 28.5. The molecule has 0 saturated carbocycles. The molecule has 0 amide bonds. The molecule has 1 aliphatic rings. The molecule has 1 heterocycles. The second-order valence-corrected chi connectivity index (χ2v) is 22.7. The minimum atomic E-state index is -1.91. The van der Waals surface area contributed by atoms with E-state index < -0.39 is 67.3 Å². The van der Waals surface area contributed by atoms with E-state index in [0.717, 1.165) is 116 Å². The van der Waals surface area contributed by atoms with Gasteiger partial charge in [-0.3, -0.25) is 14.4 Å². The van der Waals surface area contributed by atoms with Gasteiger partial charge in [-0.25, -0.2) is 4.79 Å². The highest BCUT2D eigenvalue weighted by Crippen LogP contribution is 2.27. The first-order valence-corrected chi connectivity index (χ1v) is 33.3. The maximum Gasteiger partial charge on any atom is 0.335 e. The number of carboxylic acid groups (broad SMARTS) is 1. The van der Waals surface area contributed by atoms with Crippen molar-refractivity contribution in [2.75, 3.05) is 13.2 Å². The van der Waals surface area contributed by atoms with Crippen molar-refractivity contribution < 1.29 is 58.2 Å². The molecule has 3 N–H and O–H groups in total. The van der Waals surface area contributed by atoms with Crippen LogP contribution in [0, 0.1) is 0 Å². The van der Waals surface area contributed by atoms with Gasteiger partial charge in [0.2, 0.25) is 0 Å². The number of hydrogen-bond donors (Lipinski definition) is 3. The fraction of sp³-hybridized carbons (Fsp3) is 0.797. The molecular weight excluding hydrogens is 1020 g/mol. The van der Waals surface area contributed by atoms with Gasteiger partial charge in [-0.1, -0.05) is 261 Å². The van der Waals surface area contributed by atoms with Gasteiger partial charge < -0.3 is 39.0 Å². The summed E-state index contributed by atoms with van der Waals surface area (Å²) in [5, 5.41) is 31.6. The van der Waals surface area contributed by atoms with Crippen LogP contribution in [0.15, 0.2) is 60.8 Å². The topological polar surface area (TPSA) is 175 Å². The smallest absolute Gasteiger partial charge is 0.335 e. The molecular formula is C69H120O12. The van der Waals surface area contributed by atoms with Crippen LogP contribution in [-0.2, 0) is 42.9 Å². The largest absolute Gasteiger partial charge is 0.479 e. The number of carboxylic acids is 1. The van der Waals surface area contributed by atoms with E-state index in [2.05, 4.69) is 81.5 Å². The SMILES string of the molecule is CC/C=C\C/C=C\C/C=C\C/C=C\CCCCCCC(=O)OCC(COC1OC(C(=O)O)C(O)C(O)C1OC(=O)CCCCCCCCCCCCCCCCCCCCC)OC(=O)CCCCCCC/C=C\CCCCCCCC. The van der Waals surface area contributed by atoms with E-state index in [4.69, 9.17) is 23.7 Å². The van der Waals surface area contributed by atoms with Crippen molar-refractivity contribution in [3.8, 4) is 0 Å². The summed E-state index contributed by atoms with van der Waals surface area (Å²) >= 11 is 0. The zero-order valence-corrected chi connectivity index (χ0v) is 51.8. The third kappa shape index (κ3) is 46.5. The van der Waals surface area contributed by atoms with Gasteiger partial charge in [0.1, 0.15) is 18.8 Å². The number of carbonyl (C=O) groups is 4. The van der Waals surface area contributed by atoms with Crippen LogP contribution >= 0.6 is 0 Å². The first-order chi connectivity index (χ1) is 39.6. The lowest BCUT2D eigenvalue weighted by molar-refractivity contribution is -0.301. The molecule has 1 fully saturated rings.